The van der Waals surface area contributed by atoms with E-state index in [0.717, 1.165) is 133 Å². The number of fused-ring (bicyclic) bond motifs is 7. The Kier molecular flexibility index (Phi) is 17.2. The SMILES string of the molecule is NCc1ccc2c(c1)C1(CCN(C(=O)CCc3cccc(Cl)c3)CC1)CO2.NCc1ccc2c(c1)C1(CCN(C(=O)Cc3ccc(F)c(F)c3)CC1)CO2.NCc1ccc2c(c1)C1(CCN(C(=O)Cc3ccc4ccccc4c3)CC1)CO2. The number of halogens is 3. The zero-order valence-electron chi connectivity index (χ0n) is 47.0. The minimum atomic E-state index is -0.923. The maximum atomic E-state index is 13.4. The Hall–Kier alpha value is -7.36. The molecule has 3 spiro atoms. The van der Waals surface area contributed by atoms with Gasteiger partial charge in [-0.25, -0.2) is 8.78 Å². The molecular weight excluding hydrogens is 1070 g/mol. The highest BCUT2D eigenvalue weighted by molar-refractivity contribution is 6.30. The minimum Gasteiger partial charge on any atom is -0.492 e. The number of ether oxygens (including phenoxy) is 3. The van der Waals surface area contributed by atoms with Gasteiger partial charge in [-0.05, 0) is 132 Å². The summed E-state index contributed by atoms with van der Waals surface area (Å²) in [6.45, 7) is 7.99. The number of carbonyl (C=O) groups is 3. The van der Waals surface area contributed by atoms with Gasteiger partial charge in [-0.1, -0.05) is 109 Å². The largest absolute Gasteiger partial charge is 0.492 e. The Morgan fingerprint density at radius 1 is 0.434 bits per heavy atom. The van der Waals surface area contributed by atoms with Crippen molar-refractivity contribution in [3.05, 3.63) is 206 Å². The number of nitrogens with two attached hydrogens (primary N) is 3. The van der Waals surface area contributed by atoms with E-state index in [1.807, 2.05) is 82.6 Å². The lowest BCUT2D eigenvalue weighted by Gasteiger charge is -2.38. The zero-order chi connectivity index (χ0) is 57.7. The first kappa shape index (κ1) is 57.5. The Bertz CT molecular complexity index is 3520. The van der Waals surface area contributed by atoms with Gasteiger partial charge in [0.15, 0.2) is 11.6 Å². The predicted octanol–water partition coefficient (Wildman–Crippen LogP) is 10.4. The number of hydrogen-bond donors (Lipinski definition) is 3. The first-order chi connectivity index (χ1) is 40.3. The van der Waals surface area contributed by atoms with Gasteiger partial charge in [-0.3, -0.25) is 14.4 Å². The Labute approximate surface area is 489 Å². The zero-order valence-corrected chi connectivity index (χ0v) is 47.7. The highest BCUT2D eigenvalue weighted by Crippen LogP contribution is 2.48. The molecule has 12 nitrogen and oxygen atoms in total. The molecule has 0 radical (unpaired) electrons. The van der Waals surface area contributed by atoms with E-state index in [9.17, 15) is 23.2 Å². The molecule has 0 saturated carbocycles. The summed E-state index contributed by atoms with van der Waals surface area (Å²) in [7, 11) is 0. The summed E-state index contributed by atoms with van der Waals surface area (Å²) in [5.74, 6) is 1.42. The van der Waals surface area contributed by atoms with Crippen LogP contribution in [-0.2, 0) is 69.5 Å². The molecule has 83 heavy (non-hydrogen) atoms. The molecule has 13 rings (SSSR count). The van der Waals surface area contributed by atoms with Gasteiger partial charge in [0.1, 0.15) is 17.2 Å². The van der Waals surface area contributed by atoms with Crippen molar-refractivity contribution in [1.82, 2.24) is 14.7 Å². The number of carbonyl (C=O) groups excluding carboxylic acids is 3. The van der Waals surface area contributed by atoms with Crippen LogP contribution in [0.2, 0.25) is 5.02 Å². The lowest BCUT2D eigenvalue weighted by atomic mass is 9.74. The van der Waals surface area contributed by atoms with Crippen LogP contribution < -0.4 is 31.4 Å². The van der Waals surface area contributed by atoms with Crippen LogP contribution in [-0.4, -0.2) is 91.5 Å². The van der Waals surface area contributed by atoms with Crippen LogP contribution in [0.4, 0.5) is 8.78 Å². The molecule has 0 aromatic heterocycles. The number of aryl methyl sites for hydroxylation is 1. The van der Waals surface area contributed by atoms with E-state index in [-0.39, 0.29) is 40.4 Å². The van der Waals surface area contributed by atoms with Crippen LogP contribution in [0.3, 0.4) is 0 Å². The number of amides is 3. The molecular formula is C68H73ClF2N6O6. The molecule has 6 N–H and O–H groups in total. The molecule has 0 bridgehead atoms. The fourth-order valence-electron chi connectivity index (χ4n) is 13.1. The van der Waals surface area contributed by atoms with Gasteiger partial charge in [0.25, 0.3) is 0 Å². The minimum absolute atomic E-state index is 0.0280. The summed E-state index contributed by atoms with van der Waals surface area (Å²) in [6.07, 6.45) is 7.19. The van der Waals surface area contributed by atoms with Crippen LogP contribution in [0.15, 0.2) is 140 Å². The highest BCUT2D eigenvalue weighted by Gasteiger charge is 2.46. The second-order valence-electron chi connectivity index (χ2n) is 23.4. The van der Waals surface area contributed by atoms with E-state index in [2.05, 4.69) is 48.5 Å². The summed E-state index contributed by atoms with van der Waals surface area (Å²) in [6, 6.07) is 44.6. The lowest BCUT2D eigenvalue weighted by Crippen LogP contribution is -2.46. The molecule has 7 aromatic carbocycles. The van der Waals surface area contributed by atoms with Gasteiger partial charge in [-0.2, -0.15) is 0 Å². The van der Waals surface area contributed by atoms with E-state index in [1.54, 1.807) is 4.90 Å². The van der Waals surface area contributed by atoms with Crippen molar-refractivity contribution < 1.29 is 37.4 Å². The molecule has 0 aliphatic carbocycles. The second-order valence-corrected chi connectivity index (χ2v) is 23.8. The normalized spacial score (nSPS) is 17.5. The Morgan fingerprint density at radius 3 is 1.30 bits per heavy atom. The summed E-state index contributed by atoms with van der Waals surface area (Å²) < 4.78 is 44.2. The average molecular weight is 1140 g/mol. The third-order valence-electron chi connectivity index (χ3n) is 18.3. The van der Waals surface area contributed by atoms with Crippen LogP contribution >= 0.6 is 11.6 Å². The topological polar surface area (TPSA) is 167 Å². The average Bonchev–Trinajstić information content (AvgIpc) is 3.80. The molecule has 3 saturated heterocycles. The van der Waals surface area contributed by atoms with Gasteiger partial charge >= 0.3 is 0 Å². The standard InChI is InChI=1S/C25H26N2O2.C22H25ClN2O2.C21H22F2N2O2/c26-16-19-6-8-23-22(14-19)25(17-29-23)9-11-27(12-10-25)24(28)15-18-5-7-20-3-1-2-4-21(20)13-18;23-18-3-1-2-16(12-18)5-7-21(26)25-10-8-22(9-11-25)15-27-20-6-4-17(14-24)13-19(20)22;22-17-3-1-14(10-18(17)23)11-20(26)25-7-5-21(6-8-25)13-27-19-4-2-15(12-24)9-16(19)21/h1-8,13-14H,9-12,15-17,26H2;1-4,6,12-13H,5,7-11,14-15,24H2;1-4,9-10H,5-8,11-13,24H2. The lowest BCUT2D eigenvalue weighted by molar-refractivity contribution is -0.133. The van der Waals surface area contributed by atoms with E-state index in [1.165, 1.54) is 33.5 Å². The smallest absolute Gasteiger partial charge is 0.226 e. The fraction of sp³-hybridized carbons (Fsp3) is 0.368. The number of nitrogens with zero attached hydrogens (tertiary/aromatic N) is 3. The first-order valence-electron chi connectivity index (χ1n) is 29.2. The predicted molar refractivity (Wildman–Crippen MR) is 319 cm³/mol. The van der Waals surface area contributed by atoms with Gasteiger partial charge in [0, 0.05) is 103 Å². The maximum Gasteiger partial charge on any atom is 0.226 e. The van der Waals surface area contributed by atoms with Crippen LogP contribution in [0, 0.1) is 11.6 Å². The summed E-state index contributed by atoms with van der Waals surface area (Å²) >= 11 is 6.03. The summed E-state index contributed by atoms with van der Waals surface area (Å²) in [4.78, 5) is 44.0. The van der Waals surface area contributed by atoms with Crippen molar-refractivity contribution in [3.8, 4) is 17.2 Å². The quantitative estimate of drug-likeness (QED) is 0.121. The van der Waals surface area contributed by atoms with Gasteiger partial charge in [0.05, 0.1) is 32.7 Å². The number of hydrogen-bond acceptors (Lipinski definition) is 9. The molecule has 6 aliphatic rings. The highest BCUT2D eigenvalue weighted by atomic mass is 35.5. The third kappa shape index (κ3) is 12.5. The van der Waals surface area contributed by atoms with Crippen molar-refractivity contribution >= 4 is 40.1 Å². The van der Waals surface area contributed by atoms with Crippen molar-refractivity contribution in [1.29, 1.82) is 0 Å². The fourth-order valence-corrected chi connectivity index (χ4v) is 13.3. The molecule has 0 unspecified atom stereocenters. The number of likely N-dealkylation sites (tertiary alicyclic amines) is 3. The monoisotopic (exact) mass is 1140 g/mol. The second kappa shape index (κ2) is 24.8. The third-order valence-corrected chi connectivity index (χ3v) is 18.5. The molecule has 7 aromatic rings. The summed E-state index contributed by atoms with van der Waals surface area (Å²) in [5.41, 5.74) is 27.2. The first-order valence-corrected chi connectivity index (χ1v) is 29.5. The molecule has 6 aliphatic heterocycles. The van der Waals surface area contributed by atoms with Crippen LogP contribution in [0.1, 0.15) is 95.0 Å². The number of benzene rings is 7. The number of piperidine rings is 3. The van der Waals surface area contributed by atoms with Crippen molar-refractivity contribution in [2.75, 3.05) is 59.1 Å². The number of rotatable bonds is 10. The van der Waals surface area contributed by atoms with Crippen LogP contribution in [0.25, 0.3) is 10.8 Å². The van der Waals surface area contributed by atoms with Crippen molar-refractivity contribution in [3.63, 3.8) is 0 Å². The van der Waals surface area contributed by atoms with Gasteiger partial charge < -0.3 is 46.1 Å². The maximum absolute atomic E-state index is 13.4. The van der Waals surface area contributed by atoms with Gasteiger partial charge in [0.2, 0.25) is 17.7 Å². The molecule has 432 valence electrons. The van der Waals surface area contributed by atoms with Crippen molar-refractivity contribution in [2.24, 2.45) is 17.2 Å². The molecule has 15 heteroatoms. The van der Waals surface area contributed by atoms with E-state index in [4.69, 9.17) is 43.0 Å². The van der Waals surface area contributed by atoms with Gasteiger partial charge in [-0.15, -0.1) is 0 Å². The molecule has 6 heterocycles. The summed E-state index contributed by atoms with van der Waals surface area (Å²) in [5, 5.41) is 3.11. The van der Waals surface area contributed by atoms with E-state index >= 15 is 0 Å². The molecule has 3 fully saturated rings. The Morgan fingerprint density at radius 2 is 0.855 bits per heavy atom. The molecule has 3 amide bonds. The Balaban J connectivity index is 0.000000130. The van der Waals surface area contributed by atoms with E-state index < -0.39 is 11.6 Å². The van der Waals surface area contributed by atoms with Crippen LogP contribution in [0.5, 0.6) is 17.2 Å². The van der Waals surface area contributed by atoms with Crippen molar-refractivity contribution in [2.45, 2.75) is 100 Å². The molecule has 0 atom stereocenters. The van der Waals surface area contributed by atoms with E-state index in [0.29, 0.717) is 70.9 Å².